The van der Waals surface area contributed by atoms with E-state index in [9.17, 15) is 0 Å². The van der Waals surface area contributed by atoms with Crippen LogP contribution < -0.4 is 5.32 Å². The minimum atomic E-state index is 0.288. The van der Waals surface area contributed by atoms with Crippen molar-refractivity contribution in [1.82, 2.24) is 5.32 Å². The summed E-state index contributed by atoms with van der Waals surface area (Å²) in [5, 5.41) is 3.70. The molecule has 2 aromatic carbocycles. The first kappa shape index (κ1) is 16.5. The van der Waals surface area contributed by atoms with E-state index in [1.165, 1.54) is 26.7 Å². The van der Waals surface area contributed by atoms with Crippen LogP contribution >= 0.6 is 22.6 Å². The fourth-order valence-corrected chi connectivity index (χ4v) is 3.19. The Morgan fingerprint density at radius 1 is 0.952 bits per heavy atom. The van der Waals surface area contributed by atoms with Crippen molar-refractivity contribution < 1.29 is 0 Å². The van der Waals surface area contributed by atoms with Crippen LogP contribution in [0.25, 0.3) is 0 Å². The minimum absolute atomic E-state index is 0.288. The predicted molar refractivity (Wildman–Crippen MR) is 99.7 cm³/mol. The van der Waals surface area contributed by atoms with E-state index in [0.717, 1.165) is 19.4 Å². The average Bonchev–Trinajstić information content (AvgIpc) is 2.49. The lowest BCUT2D eigenvalue weighted by Crippen LogP contribution is -2.23. The van der Waals surface area contributed by atoms with Crippen molar-refractivity contribution in [2.75, 3.05) is 6.54 Å². The molecule has 112 valence electrons. The van der Waals surface area contributed by atoms with E-state index in [1.807, 2.05) is 0 Å². The highest BCUT2D eigenvalue weighted by atomic mass is 127. The third-order valence-electron chi connectivity index (χ3n) is 3.60. The molecule has 0 bridgehead atoms. The average molecular weight is 393 g/mol. The highest BCUT2D eigenvalue weighted by molar-refractivity contribution is 14.1. The van der Waals surface area contributed by atoms with Crippen LogP contribution in [0.2, 0.25) is 0 Å². The van der Waals surface area contributed by atoms with Gasteiger partial charge in [0.05, 0.1) is 6.04 Å². The number of rotatable bonds is 7. The van der Waals surface area contributed by atoms with Crippen molar-refractivity contribution >= 4 is 22.6 Å². The summed E-state index contributed by atoms with van der Waals surface area (Å²) in [4.78, 5) is 0. The van der Waals surface area contributed by atoms with Crippen LogP contribution in [0.3, 0.4) is 0 Å². The van der Waals surface area contributed by atoms with Gasteiger partial charge >= 0.3 is 0 Å². The number of hydrogen-bond acceptors (Lipinski definition) is 1. The van der Waals surface area contributed by atoms with Crippen LogP contribution in [0.15, 0.2) is 48.5 Å². The van der Waals surface area contributed by atoms with Gasteiger partial charge in [0.25, 0.3) is 0 Å². The molecule has 1 unspecified atom stereocenters. The fourth-order valence-electron chi connectivity index (χ4n) is 2.62. The summed E-state index contributed by atoms with van der Waals surface area (Å²) in [5.41, 5.74) is 4.16. The summed E-state index contributed by atoms with van der Waals surface area (Å²) in [5.74, 6) is 0. The molecule has 0 radical (unpaired) electrons. The van der Waals surface area contributed by atoms with Gasteiger partial charge in [0, 0.05) is 3.57 Å². The summed E-state index contributed by atoms with van der Waals surface area (Å²) in [6.07, 6.45) is 3.50. The Morgan fingerprint density at radius 2 is 1.67 bits per heavy atom. The van der Waals surface area contributed by atoms with E-state index in [-0.39, 0.29) is 6.04 Å². The number of benzene rings is 2. The van der Waals surface area contributed by atoms with E-state index in [4.69, 9.17) is 0 Å². The second-order valence-corrected chi connectivity index (χ2v) is 6.68. The highest BCUT2D eigenvalue weighted by Crippen LogP contribution is 2.24. The molecule has 1 atom stereocenters. The molecule has 0 aliphatic heterocycles. The molecule has 21 heavy (non-hydrogen) atoms. The van der Waals surface area contributed by atoms with Gasteiger partial charge in [-0.3, -0.25) is 0 Å². The van der Waals surface area contributed by atoms with Gasteiger partial charge in [0.15, 0.2) is 0 Å². The maximum absolute atomic E-state index is 3.70. The zero-order valence-electron chi connectivity index (χ0n) is 12.9. The van der Waals surface area contributed by atoms with E-state index in [2.05, 4.69) is 90.3 Å². The molecular weight excluding hydrogens is 369 g/mol. The zero-order chi connectivity index (χ0) is 15.1. The first-order valence-corrected chi connectivity index (χ1v) is 8.90. The molecule has 0 fully saturated rings. The maximum Gasteiger partial charge on any atom is 0.0577 e. The molecule has 0 aliphatic rings. The Kier molecular flexibility index (Phi) is 6.71. The molecule has 0 amide bonds. The van der Waals surface area contributed by atoms with E-state index in [0.29, 0.717) is 0 Å². The smallest absolute Gasteiger partial charge is 0.0577 e. The Morgan fingerprint density at radius 3 is 2.33 bits per heavy atom. The lowest BCUT2D eigenvalue weighted by atomic mass is 9.96. The molecule has 0 saturated carbocycles. The van der Waals surface area contributed by atoms with Crippen molar-refractivity contribution in [1.29, 1.82) is 0 Å². The van der Waals surface area contributed by atoms with Gasteiger partial charge in [-0.25, -0.2) is 0 Å². The molecule has 2 heteroatoms. The molecule has 0 aliphatic carbocycles. The van der Waals surface area contributed by atoms with E-state index < -0.39 is 0 Å². The van der Waals surface area contributed by atoms with Crippen LogP contribution in [-0.4, -0.2) is 6.54 Å². The quantitative estimate of drug-likeness (QED) is 0.627. The first-order valence-electron chi connectivity index (χ1n) is 7.82. The standard InChI is InChI=1S/C19H24IN/c1-3-7-15-8-5-9-16(13-15)19(21-12-4-2)17-10-6-11-18(20)14-17/h5-6,8-11,13-14,19,21H,3-4,7,12H2,1-2H3. The maximum atomic E-state index is 3.70. The van der Waals surface area contributed by atoms with Crippen molar-refractivity contribution in [3.63, 3.8) is 0 Å². The van der Waals surface area contributed by atoms with Crippen LogP contribution in [0.4, 0.5) is 0 Å². The molecule has 0 heterocycles. The van der Waals surface area contributed by atoms with Crippen molar-refractivity contribution in [2.45, 2.75) is 39.2 Å². The van der Waals surface area contributed by atoms with E-state index >= 15 is 0 Å². The SMILES string of the molecule is CCCNC(c1cccc(I)c1)c1cccc(CCC)c1. The predicted octanol–water partition coefficient (Wildman–Crippen LogP) is 5.33. The molecule has 0 saturated heterocycles. The van der Waals surface area contributed by atoms with Crippen LogP contribution in [0, 0.1) is 3.57 Å². The minimum Gasteiger partial charge on any atom is -0.306 e. The molecule has 1 nitrogen and oxygen atoms in total. The van der Waals surface area contributed by atoms with Gasteiger partial charge in [-0.05, 0) is 70.8 Å². The normalized spacial score (nSPS) is 12.3. The second-order valence-electron chi connectivity index (χ2n) is 5.44. The topological polar surface area (TPSA) is 12.0 Å². The van der Waals surface area contributed by atoms with Gasteiger partial charge in [0.2, 0.25) is 0 Å². The summed E-state index contributed by atoms with van der Waals surface area (Å²) >= 11 is 2.39. The number of nitrogens with one attached hydrogen (secondary N) is 1. The van der Waals surface area contributed by atoms with Crippen LogP contribution in [-0.2, 0) is 6.42 Å². The van der Waals surface area contributed by atoms with Crippen LogP contribution in [0.5, 0.6) is 0 Å². The molecular formula is C19H24IN. The number of aryl methyl sites for hydroxylation is 1. The van der Waals surface area contributed by atoms with Crippen molar-refractivity contribution in [3.8, 4) is 0 Å². The summed E-state index contributed by atoms with van der Waals surface area (Å²) in [6.45, 7) is 5.49. The van der Waals surface area contributed by atoms with Gasteiger partial charge in [-0.1, -0.05) is 56.7 Å². The zero-order valence-corrected chi connectivity index (χ0v) is 15.1. The second kappa shape index (κ2) is 8.54. The number of hydrogen-bond donors (Lipinski definition) is 1. The largest absolute Gasteiger partial charge is 0.306 e. The van der Waals surface area contributed by atoms with Crippen molar-refractivity contribution in [3.05, 3.63) is 68.8 Å². The third kappa shape index (κ3) is 4.82. The molecule has 0 spiro atoms. The Bertz CT molecular complexity index is 565. The Hall–Kier alpha value is -0.870. The van der Waals surface area contributed by atoms with Gasteiger partial charge in [-0.15, -0.1) is 0 Å². The molecule has 1 N–H and O–H groups in total. The lowest BCUT2D eigenvalue weighted by molar-refractivity contribution is 0.598. The van der Waals surface area contributed by atoms with Gasteiger partial charge in [0.1, 0.15) is 0 Å². The molecule has 0 aromatic heterocycles. The lowest BCUT2D eigenvalue weighted by Gasteiger charge is -2.20. The summed E-state index contributed by atoms with van der Waals surface area (Å²) in [7, 11) is 0. The molecule has 2 rings (SSSR count). The summed E-state index contributed by atoms with van der Waals surface area (Å²) in [6, 6.07) is 18.1. The van der Waals surface area contributed by atoms with Crippen LogP contribution in [0.1, 0.15) is 49.4 Å². The fraction of sp³-hybridized carbons (Fsp3) is 0.368. The Balaban J connectivity index is 2.33. The third-order valence-corrected chi connectivity index (χ3v) is 4.27. The van der Waals surface area contributed by atoms with E-state index in [1.54, 1.807) is 0 Å². The highest BCUT2D eigenvalue weighted by Gasteiger charge is 2.13. The van der Waals surface area contributed by atoms with Gasteiger partial charge < -0.3 is 5.32 Å². The first-order chi connectivity index (χ1) is 10.2. The Labute approximate surface area is 142 Å². The molecule has 2 aromatic rings. The number of halogens is 1. The van der Waals surface area contributed by atoms with Crippen molar-refractivity contribution in [2.24, 2.45) is 0 Å². The monoisotopic (exact) mass is 393 g/mol. The van der Waals surface area contributed by atoms with Gasteiger partial charge in [-0.2, -0.15) is 0 Å². The summed E-state index contributed by atoms with van der Waals surface area (Å²) < 4.78 is 1.29.